The predicted molar refractivity (Wildman–Crippen MR) is 103 cm³/mol. The average Bonchev–Trinajstić information content (AvgIpc) is 2.73. The zero-order valence-electron chi connectivity index (χ0n) is 15.3. The highest BCUT2D eigenvalue weighted by atomic mass is 32.2. The number of benzene rings is 2. The molecule has 1 fully saturated rings. The topological polar surface area (TPSA) is 67.9 Å². The molecule has 0 bridgehead atoms. The first-order chi connectivity index (χ1) is 13.1. The van der Waals surface area contributed by atoms with Gasteiger partial charge in [0.2, 0.25) is 10.0 Å². The predicted octanol–water partition coefficient (Wildman–Crippen LogP) is 2.36. The smallest absolute Gasteiger partial charge is 0.243 e. The van der Waals surface area contributed by atoms with E-state index in [0.29, 0.717) is 36.9 Å². The number of methoxy groups -OCH3 is 1. The third-order valence-electron chi connectivity index (χ3n) is 5.18. The lowest BCUT2D eigenvalue weighted by atomic mass is 10.0. The standard InChI is InChI=1S/C20H24N2O4S/c1-25-20-7-3-2-6-17(20)18-14-21-10-11-22(18)27(23,24)16-8-9-19-15(13-16)5-4-12-26-19/h2-3,6-9,13,18,21H,4-5,10-12,14H2,1H3. The van der Waals surface area contributed by atoms with Crippen molar-refractivity contribution < 1.29 is 17.9 Å². The Hall–Kier alpha value is -2.09. The van der Waals surface area contributed by atoms with Crippen molar-refractivity contribution in [3.63, 3.8) is 0 Å². The molecule has 1 unspecified atom stereocenters. The second-order valence-electron chi connectivity index (χ2n) is 6.80. The van der Waals surface area contributed by atoms with Gasteiger partial charge in [0.25, 0.3) is 0 Å². The Morgan fingerprint density at radius 1 is 1.22 bits per heavy atom. The van der Waals surface area contributed by atoms with Crippen LogP contribution in [0.4, 0.5) is 0 Å². The summed E-state index contributed by atoms with van der Waals surface area (Å²) in [5.41, 5.74) is 1.84. The third-order valence-corrected chi connectivity index (χ3v) is 7.08. The van der Waals surface area contributed by atoms with Gasteiger partial charge in [-0.25, -0.2) is 8.42 Å². The number of para-hydroxylation sites is 1. The van der Waals surface area contributed by atoms with Crippen LogP contribution in [0.5, 0.6) is 11.5 Å². The van der Waals surface area contributed by atoms with Crippen molar-refractivity contribution in [1.82, 2.24) is 9.62 Å². The summed E-state index contributed by atoms with van der Waals surface area (Å²) >= 11 is 0. The minimum atomic E-state index is -3.64. The molecule has 0 spiro atoms. The van der Waals surface area contributed by atoms with E-state index in [1.165, 1.54) is 0 Å². The van der Waals surface area contributed by atoms with E-state index in [1.54, 1.807) is 29.6 Å². The van der Waals surface area contributed by atoms with Crippen LogP contribution in [0.3, 0.4) is 0 Å². The minimum Gasteiger partial charge on any atom is -0.496 e. The molecule has 2 aliphatic heterocycles. The molecule has 2 heterocycles. The maximum absolute atomic E-state index is 13.5. The molecule has 7 heteroatoms. The van der Waals surface area contributed by atoms with Crippen molar-refractivity contribution in [3.8, 4) is 11.5 Å². The maximum atomic E-state index is 13.5. The van der Waals surface area contributed by atoms with Crippen molar-refractivity contribution in [2.75, 3.05) is 33.4 Å². The molecule has 0 radical (unpaired) electrons. The Labute approximate surface area is 160 Å². The number of hydrogen-bond donors (Lipinski definition) is 1. The number of nitrogens with one attached hydrogen (secondary N) is 1. The number of aryl methyl sites for hydroxylation is 1. The fraction of sp³-hybridized carbons (Fsp3) is 0.400. The van der Waals surface area contributed by atoms with E-state index in [1.807, 2.05) is 24.3 Å². The molecule has 0 aromatic heterocycles. The second-order valence-corrected chi connectivity index (χ2v) is 8.69. The highest BCUT2D eigenvalue weighted by molar-refractivity contribution is 7.89. The normalized spacial score (nSPS) is 20.6. The van der Waals surface area contributed by atoms with Gasteiger partial charge < -0.3 is 14.8 Å². The van der Waals surface area contributed by atoms with E-state index >= 15 is 0 Å². The van der Waals surface area contributed by atoms with Gasteiger partial charge in [0.1, 0.15) is 11.5 Å². The number of sulfonamides is 1. The quantitative estimate of drug-likeness (QED) is 0.871. The van der Waals surface area contributed by atoms with Crippen LogP contribution in [0.25, 0.3) is 0 Å². The molecule has 2 aromatic rings. The van der Waals surface area contributed by atoms with Crippen molar-refractivity contribution in [2.45, 2.75) is 23.8 Å². The zero-order valence-corrected chi connectivity index (χ0v) is 16.2. The summed E-state index contributed by atoms with van der Waals surface area (Å²) in [7, 11) is -2.03. The van der Waals surface area contributed by atoms with E-state index in [2.05, 4.69) is 5.32 Å². The Kier molecular flexibility index (Phi) is 5.08. The molecule has 0 amide bonds. The molecule has 1 N–H and O–H groups in total. The van der Waals surface area contributed by atoms with Gasteiger partial charge in [0.05, 0.1) is 24.7 Å². The van der Waals surface area contributed by atoms with Crippen LogP contribution < -0.4 is 14.8 Å². The van der Waals surface area contributed by atoms with Gasteiger partial charge in [-0.15, -0.1) is 0 Å². The average molecular weight is 388 g/mol. The fourth-order valence-electron chi connectivity index (χ4n) is 3.81. The lowest BCUT2D eigenvalue weighted by molar-refractivity contribution is 0.264. The zero-order chi connectivity index (χ0) is 18.9. The molecular formula is C20H24N2O4S. The number of nitrogens with zero attached hydrogens (tertiary/aromatic N) is 1. The Balaban J connectivity index is 1.72. The Morgan fingerprint density at radius 2 is 2.07 bits per heavy atom. The number of ether oxygens (including phenoxy) is 2. The highest BCUT2D eigenvalue weighted by Gasteiger charge is 2.36. The number of rotatable bonds is 4. The summed E-state index contributed by atoms with van der Waals surface area (Å²) in [5.74, 6) is 1.49. The van der Waals surface area contributed by atoms with E-state index in [0.717, 1.165) is 29.7 Å². The first kappa shape index (κ1) is 18.3. The summed E-state index contributed by atoms with van der Waals surface area (Å²) in [6, 6.07) is 12.5. The van der Waals surface area contributed by atoms with Gasteiger partial charge in [0, 0.05) is 25.2 Å². The molecule has 1 saturated heterocycles. The number of fused-ring (bicyclic) bond motifs is 1. The van der Waals surface area contributed by atoms with Crippen LogP contribution in [0, 0.1) is 0 Å². The fourth-order valence-corrected chi connectivity index (χ4v) is 5.47. The lowest BCUT2D eigenvalue weighted by Gasteiger charge is -2.36. The van der Waals surface area contributed by atoms with Crippen LogP contribution >= 0.6 is 0 Å². The number of hydrogen-bond acceptors (Lipinski definition) is 5. The van der Waals surface area contributed by atoms with Crippen molar-refractivity contribution in [3.05, 3.63) is 53.6 Å². The monoisotopic (exact) mass is 388 g/mol. The first-order valence-electron chi connectivity index (χ1n) is 9.22. The molecule has 144 valence electrons. The summed E-state index contributed by atoms with van der Waals surface area (Å²) in [4.78, 5) is 0.327. The molecule has 2 aliphatic rings. The molecule has 4 rings (SSSR count). The van der Waals surface area contributed by atoms with Crippen LogP contribution in [-0.4, -0.2) is 46.1 Å². The van der Waals surface area contributed by atoms with Gasteiger partial charge in [-0.1, -0.05) is 18.2 Å². The molecule has 6 nitrogen and oxygen atoms in total. The van der Waals surface area contributed by atoms with E-state index in [9.17, 15) is 8.42 Å². The van der Waals surface area contributed by atoms with Crippen LogP contribution in [0.1, 0.15) is 23.6 Å². The summed E-state index contributed by atoms with van der Waals surface area (Å²) in [6.45, 7) is 2.28. The van der Waals surface area contributed by atoms with Crippen molar-refractivity contribution >= 4 is 10.0 Å². The Bertz CT molecular complexity index is 929. The first-order valence-corrected chi connectivity index (χ1v) is 10.7. The molecule has 1 atom stereocenters. The molecule has 27 heavy (non-hydrogen) atoms. The highest BCUT2D eigenvalue weighted by Crippen LogP contribution is 2.35. The van der Waals surface area contributed by atoms with Crippen LogP contribution in [0.2, 0.25) is 0 Å². The van der Waals surface area contributed by atoms with Crippen LogP contribution in [-0.2, 0) is 16.4 Å². The summed E-state index contributed by atoms with van der Waals surface area (Å²) < 4.78 is 39.6. The largest absolute Gasteiger partial charge is 0.496 e. The molecular weight excluding hydrogens is 364 g/mol. The van der Waals surface area contributed by atoms with Gasteiger partial charge in [-0.2, -0.15) is 4.31 Å². The third kappa shape index (κ3) is 3.42. The summed E-state index contributed by atoms with van der Waals surface area (Å²) in [5, 5.41) is 3.31. The van der Waals surface area contributed by atoms with Crippen molar-refractivity contribution in [1.29, 1.82) is 0 Å². The lowest BCUT2D eigenvalue weighted by Crippen LogP contribution is -2.48. The van der Waals surface area contributed by atoms with E-state index < -0.39 is 10.0 Å². The van der Waals surface area contributed by atoms with Gasteiger partial charge in [-0.05, 0) is 42.7 Å². The molecule has 0 saturated carbocycles. The van der Waals surface area contributed by atoms with E-state index in [-0.39, 0.29) is 6.04 Å². The van der Waals surface area contributed by atoms with Crippen molar-refractivity contribution in [2.24, 2.45) is 0 Å². The van der Waals surface area contributed by atoms with Gasteiger partial charge in [-0.3, -0.25) is 0 Å². The SMILES string of the molecule is COc1ccccc1C1CNCCN1S(=O)(=O)c1ccc2c(c1)CCCO2. The Morgan fingerprint density at radius 3 is 2.93 bits per heavy atom. The van der Waals surface area contributed by atoms with E-state index in [4.69, 9.17) is 9.47 Å². The maximum Gasteiger partial charge on any atom is 0.243 e. The van der Waals surface area contributed by atoms with Gasteiger partial charge in [0.15, 0.2) is 0 Å². The molecule has 0 aliphatic carbocycles. The summed E-state index contributed by atoms with van der Waals surface area (Å²) in [6.07, 6.45) is 1.75. The molecule has 2 aromatic carbocycles. The van der Waals surface area contributed by atoms with Crippen LogP contribution in [0.15, 0.2) is 47.4 Å². The number of piperazine rings is 1. The minimum absolute atomic E-state index is 0.313. The second kappa shape index (κ2) is 7.50. The van der Waals surface area contributed by atoms with Gasteiger partial charge >= 0.3 is 0 Å².